The number of hydrogen-bond donors (Lipinski definition) is 1. The van der Waals surface area contributed by atoms with Crippen LogP contribution in [0.25, 0.3) is 0 Å². The van der Waals surface area contributed by atoms with Gasteiger partial charge in [-0.1, -0.05) is 33.8 Å². The molecule has 1 rings (SSSR count). The summed E-state index contributed by atoms with van der Waals surface area (Å²) in [5, 5.41) is 3.17. The van der Waals surface area contributed by atoms with Crippen molar-refractivity contribution in [2.75, 3.05) is 13.2 Å². The first kappa shape index (κ1) is 17.1. The summed E-state index contributed by atoms with van der Waals surface area (Å²) in [4.78, 5) is 0. The predicted octanol–water partition coefficient (Wildman–Crippen LogP) is 4.07. The number of benzene rings is 1. The summed E-state index contributed by atoms with van der Waals surface area (Å²) in [6.45, 7) is 10.9. The molecule has 2 unspecified atom stereocenters. The maximum absolute atomic E-state index is 14.1. The van der Waals surface area contributed by atoms with Gasteiger partial charge >= 0.3 is 0 Å². The van der Waals surface area contributed by atoms with Crippen molar-refractivity contribution in [2.45, 2.75) is 46.8 Å². The smallest absolute Gasteiger partial charge is 0.131 e. The van der Waals surface area contributed by atoms with E-state index in [0.29, 0.717) is 13.2 Å². The fourth-order valence-corrected chi connectivity index (χ4v) is 2.41. The molecule has 1 aromatic rings. The normalized spacial score (nSPS) is 15.2. The minimum atomic E-state index is -0.537. The number of halogens is 2. The van der Waals surface area contributed by atoms with Gasteiger partial charge in [-0.05, 0) is 31.0 Å². The van der Waals surface area contributed by atoms with Gasteiger partial charge in [0.25, 0.3) is 0 Å². The van der Waals surface area contributed by atoms with Gasteiger partial charge in [-0.3, -0.25) is 0 Å². The second kappa shape index (κ2) is 7.14. The van der Waals surface area contributed by atoms with Crippen molar-refractivity contribution < 1.29 is 13.5 Å². The minimum absolute atomic E-state index is 0.0581. The Morgan fingerprint density at radius 1 is 1.15 bits per heavy atom. The fraction of sp³-hybridized carbons (Fsp3) is 0.625. The molecule has 0 bridgehead atoms. The fourth-order valence-electron chi connectivity index (χ4n) is 2.41. The Bertz CT molecular complexity index is 409. The molecule has 2 nitrogen and oxygen atoms in total. The highest BCUT2D eigenvalue weighted by Crippen LogP contribution is 2.35. The maximum Gasteiger partial charge on any atom is 0.131 e. The quantitative estimate of drug-likeness (QED) is 0.851. The molecule has 0 amide bonds. The minimum Gasteiger partial charge on any atom is -0.376 e. The Balaban J connectivity index is 3.27. The summed E-state index contributed by atoms with van der Waals surface area (Å²) in [6, 6.07) is 3.44. The van der Waals surface area contributed by atoms with E-state index in [1.54, 1.807) is 0 Å². The Morgan fingerprint density at radius 3 is 2.10 bits per heavy atom. The molecule has 0 heterocycles. The molecule has 0 aliphatic rings. The van der Waals surface area contributed by atoms with E-state index in [4.69, 9.17) is 4.74 Å². The van der Waals surface area contributed by atoms with Crippen molar-refractivity contribution in [1.82, 2.24) is 5.32 Å². The van der Waals surface area contributed by atoms with E-state index in [1.165, 1.54) is 18.2 Å². The summed E-state index contributed by atoms with van der Waals surface area (Å²) in [5.41, 5.74) is -0.180. The van der Waals surface area contributed by atoms with E-state index in [0.717, 1.165) is 0 Å². The van der Waals surface area contributed by atoms with E-state index in [2.05, 4.69) is 5.32 Å². The van der Waals surface area contributed by atoms with Crippen LogP contribution in [0.4, 0.5) is 8.78 Å². The average Bonchev–Trinajstić information content (AvgIpc) is 2.33. The second-order valence-electron chi connectivity index (χ2n) is 5.91. The van der Waals surface area contributed by atoms with Crippen LogP contribution in [0, 0.1) is 17.0 Å². The topological polar surface area (TPSA) is 21.3 Å². The molecule has 0 fully saturated rings. The second-order valence-corrected chi connectivity index (χ2v) is 5.91. The van der Waals surface area contributed by atoms with Gasteiger partial charge in [-0.2, -0.15) is 0 Å². The molecule has 1 N–H and O–H groups in total. The molecule has 20 heavy (non-hydrogen) atoms. The van der Waals surface area contributed by atoms with Crippen molar-refractivity contribution >= 4 is 0 Å². The first-order valence-corrected chi connectivity index (χ1v) is 7.11. The maximum atomic E-state index is 14.1. The zero-order valence-corrected chi connectivity index (χ0v) is 13.0. The molecule has 0 aliphatic heterocycles. The molecule has 0 aromatic heterocycles. The number of nitrogens with one attached hydrogen (secondary N) is 1. The van der Waals surface area contributed by atoms with E-state index >= 15 is 0 Å². The highest BCUT2D eigenvalue weighted by Gasteiger charge is 2.36. The molecule has 0 saturated carbocycles. The number of hydrogen-bond acceptors (Lipinski definition) is 2. The molecule has 0 radical (unpaired) electrons. The highest BCUT2D eigenvalue weighted by molar-refractivity contribution is 5.25. The summed E-state index contributed by atoms with van der Waals surface area (Å²) < 4.78 is 33.9. The Hall–Kier alpha value is -1.00. The van der Waals surface area contributed by atoms with Crippen molar-refractivity contribution in [3.63, 3.8) is 0 Å². The largest absolute Gasteiger partial charge is 0.376 e. The summed E-state index contributed by atoms with van der Waals surface area (Å²) in [7, 11) is 0. The van der Waals surface area contributed by atoms with Gasteiger partial charge in [0.15, 0.2) is 0 Å². The third kappa shape index (κ3) is 4.00. The van der Waals surface area contributed by atoms with E-state index in [9.17, 15) is 8.78 Å². The van der Waals surface area contributed by atoms with Crippen molar-refractivity contribution in [2.24, 2.45) is 5.41 Å². The summed E-state index contributed by atoms with van der Waals surface area (Å²) in [6.07, 6.45) is -0.321. The lowest BCUT2D eigenvalue weighted by Gasteiger charge is -2.37. The summed E-state index contributed by atoms with van der Waals surface area (Å²) >= 11 is 0. The van der Waals surface area contributed by atoms with Crippen molar-refractivity contribution in [3.05, 3.63) is 35.4 Å². The first-order chi connectivity index (χ1) is 9.32. The average molecular weight is 285 g/mol. The zero-order valence-electron chi connectivity index (χ0n) is 13.0. The molecule has 0 aliphatic carbocycles. The van der Waals surface area contributed by atoms with Gasteiger partial charge in [-0.25, -0.2) is 8.78 Å². The monoisotopic (exact) mass is 285 g/mol. The van der Waals surface area contributed by atoms with E-state index in [-0.39, 0.29) is 17.1 Å². The molecular weight excluding hydrogens is 260 g/mol. The van der Waals surface area contributed by atoms with Gasteiger partial charge in [0.1, 0.15) is 11.6 Å². The van der Waals surface area contributed by atoms with Crippen LogP contribution in [0.3, 0.4) is 0 Å². The predicted molar refractivity (Wildman–Crippen MR) is 77.6 cm³/mol. The number of likely N-dealkylation sites (N-methyl/N-ethyl adjacent to an activating group) is 1. The lowest BCUT2D eigenvalue weighted by atomic mass is 9.81. The summed E-state index contributed by atoms with van der Waals surface area (Å²) in [5.74, 6) is -1.07. The Kier molecular flexibility index (Phi) is 6.08. The lowest BCUT2D eigenvalue weighted by molar-refractivity contribution is -0.0376. The van der Waals surface area contributed by atoms with Gasteiger partial charge in [0.05, 0.1) is 12.1 Å². The molecule has 2 atom stereocenters. The molecule has 0 spiro atoms. The van der Waals surface area contributed by atoms with Crippen LogP contribution in [0.5, 0.6) is 0 Å². The molecule has 114 valence electrons. The van der Waals surface area contributed by atoms with Crippen LogP contribution >= 0.6 is 0 Å². The van der Waals surface area contributed by atoms with Crippen LogP contribution in [-0.4, -0.2) is 19.3 Å². The number of ether oxygens (including phenoxy) is 1. The highest BCUT2D eigenvalue weighted by atomic mass is 19.1. The van der Waals surface area contributed by atoms with Crippen molar-refractivity contribution in [3.8, 4) is 0 Å². The van der Waals surface area contributed by atoms with Gasteiger partial charge in [0, 0.05) is 12.2 Å². The standard InChI is InChI=1S/C16H25F2NO/c1-6-19-14(15(20-7-2)16(3,4)5)13-11(17)9-8-10-12(13)18/h8-10,14-15,19H,6-7H2,1-5H3. The van der Waals surface area contributed by atoms with E-state index < -0.39 is 17.7 Å². The number of rotatable bonds is 6. The van der Waals surface area contributed by atoms with Crippen molar-refractivity contribution in [1.29, 1.82) is 0 Å². The molecule has 1 aromatic carbocycles. The first-order valence-electron chi connectivity index (χ1n) is 7.11. The Labute approximate surface area is 120 Å². The molecule has 0 saturated heterocycles. The van der Waals surface area contributed by atoms with Crippen LogP contribution in [-0.2, 0) is 4.74 Å². The van der Waals surface area contributed by atoms with Crippen LogP contribution in [0.2, 0.25) is 0 Å². The SMILES string of the molecule is CCNC(c1c(F)cccc1F)C(OCC)C(C)(C)C. The van der Waals surface area contributed by atoms with Gasteiger partial charge in [0.2, 0.25) is 0 Å². The molecule has 4 heteroatoms. The zero-order chi connectivity index (χ0) is 15.3. The van der Waals surface area contributed by atoms with Gasteiger partial charge < -0.3 is 10.1 Å². The van der Waals surface area contributed by atoms with Gasteiger partial charge in [-0.15, -0.1) is 0 Å². The van der Waals surface area contributed by atoms with Crippen LogP contribution < -0.4 is 5.32 Å². The van der Waals surface area contributed by atoms with Crippen LogP contribution in [0.1, 0.15) is 46.2 Å². The Morgan fingerprint density at radius 2 is 1.70 bits per heavy atom. The molecular formula is C16H25F2NO. The third-order valence-corrected chi connectivity index (χ3v) is 3.24. The van der Waals surface area contributed by atoms with E-state index in [1.807, 2.05) is 34.6 Å². The third-order valence-electron chi connectivity index (χ3n) is 3.24. The van der Waals surface area contributed by atoms with Crippen LogP contribution in [0.15, 0.2) is 18.2 Å². The lowest BCUT2D eigenvalue weighted by Crippen LogP contribution is -2.43.